The first kappa shape index (κ1) is 31.6. The maximum absolute atomic E-state index is 13.9. The molecule has 0 amide bonds. The van der Waals surface area contributed by atoms with Crippen LogP contribution in [0.5, 0.6) is 11.5 Å². The fourth-order valence-corrected chi connectivity index (χ4v) is 6.88. The third-order valence-corrected chi connectivity index (χ3v) is 9.59. The molecule has 5 rings (SSSR count). The van der Waals surface area contributed by atoms with Gasteiger partial charge in [0.2, 0.25) is 11.5 Å². The topological polar surface area (TPSA) is 62.0 Å². The van der Waals surface area contributed by atoms with Crippen LogP contribution in [-0.2, 0) is 15.6 Å². The summed E-state index contributed by atoms with van der Waals surface area (Å²) in [6.45, 7) is 19.2. The minimum atomic E-state index is -0.414. The molecule has 0 atom stereocenters. The van der Waals surface area contributed by atoms with Gasteiger partial charge in [0.15, 0.2) is 5.71 Å². The number of ketones is 1. The molecule has 2 aliphatic heterocycles. The standard InChI is InChI=1S/C38H48N2O4/c1-23(2)16-18-39-29-15-14-25(43-9)20-28(29)37(5,6)32(39)21-26-35(41)27(36(26)42)22-33-38(7,8)34-30(12-11-13-31(34)44-10)40(33)19-17-24(3)4/h11-15,20-24H,16-19H2,1-10H3/p+1. The Morgan fingerprint density at radius 2 is 1.64 bits per heavy atom. The minimum Gasteiger partial charge on any atom is -0.506 e. The van der Waals surface area contributed by atoms with E-state index in [9.17, 15) is 9.90 Å². The van der Waals surface area contributed by atoms with E-state index < -0.39 is 5.41 Å². The van der Waals surface area contributed by atoms with E-state index in [0.29, 0.717) is 23.0 Å². The predicted molar refractivity (Wildman–Crippen MR) is 179 cm³/mol. The Bertz CT molecular complexity index is 1620. The largest absolute Gasteiger partial charge is 0.506 e. The Hall–Kier alpha value is -3.80. The molecule has 2 heterocycles. The molecule has 2 aromatic carbocycles. The maximum Gasteiger partial charge on any atom is 0.213 e. The number of ether oxygens (including phenoxy) is 2. The van der Waals surface area contributed by atoms with Crippen LogP contribution in [0.2, 0.25) is 0 Å². The van der Waals surface area contributed by atoms with E-state index in [-0.39, 0.29) is 17.0 Å². The second-order valence-electron chi connectivity index (χ2n) is 14.2. The zero-order valence-corrected chi connectivity index (χ0v) is 28.2. The van der Waals surface area contributed by atoms with Crippen LogP contribution in [0.3, 0.4) is 0 Å². The van der Waals surface area contributed by atoms with Crippen LogP contribution in [-0.4, -0.2) is 48.5 Å². The molecule has 3 aliphatic rings. The lowest BCUT2D eigenvalue weighted by Crippen LogP contribution is -2.32. The zero-order valence-electron chi connectivity index (χ0n) is 28.2. The number of carbonyl (C=O) groups excluding carboxylic acids is 1. The number of carbonyl (C=O) groups is 1. The van der Waals surface area contributed by atoms with Gasteiger partial charge in [-0.3, -0.25) is 4.79 Å². The van der Waals surface area contributed by atoms with Crippen LogP contribution in [0.1, 0.15) is 79.4 Å². The average Bonchev–Trinajstić information content (AvgIpc) is 3.33. The molecule has 0 saturated carbocycles. The summed E-state index contributed by atoms with van der Waals surface area (Å²) in [4.78, 5) is 16.2. The lowest BCUT2D eigenvalue weighted by Gasteiger charge is -2.29. The molecule has 0 unspecified atom stereocenters. The van der Waals surface area contributed by atoms with E-state index in [1.807, 2.05) is 30.4 Å². The summed E-state index contributed by atoms with van der Waals surface area (Å²) in [7, 11) is 3.39. The fraction of sp³-hybridized carbons (Fsp3) is 0.474. The summed E-state index contributed by atoms with van der Waals surface area (Å²) in [5, 5.41) is 11.5. The van der Waals surface area contributed by atoms with Crippen molar-refractivity contribution in [2.75, 3.05) is 32.2 Å². The van der Waals surface area contributed by atoms with Crippen molar-refractivity contribution in [3.8, 4) is 11.5 Å². The van der Waals surface area contributed by atoms with E-state index in [2.05, 4.69) is 83.1 Å². The van der Waals surface area contributed by atoms with Gasteiger partial charge < -0.3 is 19.5 Å². The van der Waals surface area contributed by atoms with Gasteiger partial charge in [-0.15, -0.1) is 0 Å². The number of fused-ring (bicyclic) bond motifs is 2. The normalized spacial score (nSPS) is 20.3. The Kier molecular flexibility index (Phi) is 8.34. The van der Waals surface area contributed by atoms with E-state index in [1.165, 1.54) is 0 Å². The number of Topliss-reactive ketones (excluding diaryl/α,β-unsaturated/α-hetero) is 1. The second kappa shape index (κ2) is 11.6. The van der Waals surface area contributed by atoms with E-state index >= 15 is 0 Å². The number of benzene rings is 2. The van der Waals surface area contributed by atoms with Crippen molar-refractivity contribution in [1.29, 1.82) is 0 Å². The van der Waals surface area contributed by atoms with Gasteiger partial charge in [-0.05, 0) is 68.0 Å². The predicted octanol–water partition coefficient (Wildman–Crippen LogP) is 8.18. The smallest absolute Gasteiger partial charge is 0.213 e. The van der Waals surface area contributed by atoms with Gasteiger partial charge in [0.05, 0.1) is 36.3 Å². The summed E-state index contributed by atoms with van der Waals surface area (Å²) in [6.07, 6.45) is 5.84. The number of hydrogen-bond donors (Lipinski definition) is 1. The van der Waals surface area contributed by atoms with Crippen molar-refractivity contribution >= 4 is 22.9 Å². The van der Waals surface area contributed by atoms with Gasteiger partial charge in [0.1, 0.15) is 23.8 Å². The van der Waals surface area contributed by atoms with Gasteiger partial charge in [0.25, 0.3) is 0 Å². The summed E-state index contributed by atoms with van der Waals surface area (Å²) < 4.78 is 13.7. The molecule has 44 heavy (non-hydrogen) atoms. The fourth-order valence-electron chi connectivity index (χ4n) is 6.88. The first-order valence-electron chi connectivity index (χ1n) is 15.9. The van der Waals surface area contributed by atoms with E-state index in [0.717, 1.165) is 71.3 Å². The molecule has 6 heteroatoms. The Labute approximate surface area is 263 Å². The Balaban J connectivity index is 1.59. The van der Waals surface area contributed by atoms with E-state index in [1.54, 1.807) is 14.2 Å². The highest BCUT2D eigenvalue weighted by Crippen LogP contribution is 2.51. The maximum atomic E-state index is 13.9. The lowest BCUT2D eigenvalue weighted by atomic mass is 9.77. The third-order valence-electron chi connectivity index (χ3n) is 9.59. The van der Waals surface area contributed by atoms with Gasteiger partial charge in [-0.1, -0.05) is 47.6 Å². The Morgan fingerprint density at radius 3 is 2.25 bits per heavy atom. The van der Waals surface area contributed by atoms with Crippen molar-refractivity contribution in [1.82, 2.24) is 0 Å². The summed E-state index contributed by atoms with van der Waals surface area (Å²) in [5.74, 6) is 2.63. The minimum absolute atomic E-state index is 0.0608. The van der Waals surface area contributed by atoms with Gasteiger partial charge >= 0.3 is 0 Å². The molecule has 1 N–H and O–H groups in total. The van der Waals surface area contributed by atoms with Crippen molar-refractivity contribution < 1.29 is 24.0 Å². The number of anilines is 1. The van der Waals surface area contributed by atoms with Crippen LogP contribution in [0.15, 0.2) is 71.2 Å². The quantitative estimate of drug-likeness (QED) is 0.221. The van der Waals surface area contributed by atoms with Gasteiger partial charge in [0, 0.05) is 41.9 Å². The van der Waals surface area contributed by atoms with E-state index in [4.69, 9.17) is 9.47 Å². The first-order chi connectivity index (χ1) is 20.7. The highest BCUT2D eigenvalue weighted by Gasteiger charge is 2.49. The van der Waals surface area contributed by atoms with Crippen molar-refractivity contribution in [3.05, 3.63) is 82.3 Å². The number of aliphatic hydroxyl groups excluding tert-OH is 1. The zero-order chi connectivity index (χ0) is 32.1. The number of allylic oxidation sites excluding steroid dienone is 5. The number of nitrogens with zero attached hydrogens (tertiary/aromatic N) is 2. The highest BCUT2D eigenvalue weighted by molar-refractivity contribution is 6.24. The second-order valence-corrected chi connectivity index (χ2v) is 14.2. The number of hydrogen-bond acceptors (Lipinski definition) is 5. The summed E-state index contributed by atoms with van der Waals surface area (Å²) in [5.41, 5.74) is 6.45. The molecular weight excluding hydrogens is 548 g/mol. The van der Waals surface area contributed by atoms with Crippen molar-refractivity contribution in [3.63, 3.8) is 0 Å². The monoisotopic (exact) mass is 597 g/mol. The molecule has 0 aromatic heterocycles. The molecule has 0 saturated heterocycles. The number of rotatable bonds is 10. The first-order valence-corrected chi connectivity index (χ1v) is 15.9. The molecule has 234 valence electrons. The van der Waals surface area contributed by atoms with Gasteiger partial charge in [-0.2, -0.15) is 4.58 Å². The van der Waals surface area contributed by atoms with Crippen molar-refractivity contribution in [2.45, 2.75) is 79.1 Å². The average molecular weight is 598 g/mol. The third kappa shape index (κ3) is 5.16. The van der Waals surface area contributed by atoms with Crippen LogP contribution >= 0.6 is 0 Å². The van der Waals surface area contributed by atoms with Gasteiger partial charge in [-0.25, -0.2) is 0 Å². The SMILES string of the molecule is COc1ccc2c(c1)C(C)(C)/C(=C\C1=C(O)C(=C\C3=[N+](CCC(C)C)c4cccc(OC)c4C3(C)C)/C1=O)N2CCC(C)C. The van der Waals surface area contributed by atoms with Crippen molar-refractivity contribution in [2.24, 2.45) is 11.8 Å². The summed E-state index contributed by atoms with van der Waals surface area (Å²) in [6, 6.07) is 12.3. The Morgan fingerprint density at radius 1 is 0.932 bits per heavy atom. The highest BCUT2D eigenvalue weighted by atomic mass is 16.5. The molecule has 1 aliphatic carbocycles. The molecule has 0 fully saturated rings. The van der Waals surface area contributed by atoms with Crippen LogP contribution in [0.4, 0.5) is 11.4 Å². The molecular formula is C38H49N2O4+. The molecule has 6 nitrogen and oxygen atoms in total. The molecule has 0 radical (unpaired) electrons. The van der Waals surface area contributed by atoms with Crippen LogP contribution in [0.25, 0.3) is 0 Å². The molecule has 0 bridgehead atoms. The number of methoxy groups -OCH3 is 2. The lowest BCUT2D eigenvalue weighted by molar-refractivity contribution is -0.439. The molecule has 0 spiro atoms. The number of aliphatic hydroxyl groups is 1. The van der Waals surface area contributed by atoms with Crippen LogP contribution in [0, 0.1) is 11.8 Å². The van der Waals surface area contributed by atoms with Crippen LogP contribution < -0.4 is 14.4 Å². The molecule has 2 aromatic rings. The summed E-state index contributed by atoms with van der Waals surface area (Å²) >= 11 is 0.